The van der Waals surface area contributed by atoms with Crippen LogP contribution in [-0.2, 0) is 0 Å². The third-order valence-corrected chi connectivity index (χ3v) is 1.79. The minimum Gasteiger partial charge on any atom is -0.487 e. The van der Waals surface area contributed by atoms with Crippen LogP contribution in [0.4, 0.5) is 8.78 Å². The molecule has 0 radical (unpaired) electrons. The molecule has 0 heterocycles. The molecule has 0 saturated heterocycles. The molecule has 0 aromatic heterocycles. The molecule has 0 aliphatic rings. The largest absolute Gasteiger partial charge is 0.487 e. The van der Waals surface area contributed by atoms with E-state index < -0.39 is 17.2 Å². The summed E-state index contributed by atoms with van der Waals surface area (Å²) in [6.07, 6.45) is 0.173. The van der Waals surface area contributed by atoms with Crippen LogP contribution in [-0.4, -0.2) is 5.60 Å². The standard InChI is InChI=1S/C11H11F2NO/c1-11(2,5-6-14)15-8-3-4-9(12)10(13)7-8/h3-4,7H,5H2,1-2H3. The van der Waals surface area contributed by atoms with Gasteiger partial charge < -0.3 is 4.74 Å². The second-order valence-electron chi connectivity index (χ2n) is 3.77. The zero-order valence-electron chi connectivity index (χ0n) is 8.55. The van der Waals surface area contributed by atoms with Gasteiger partial charge >= 0.3 is 0 Å². The Hall–Kier alpha value is -1.63. The number of nitrogens with zero attached hydrogens (tertiary/aromatic N) is 1. The molecule has 4 heteroatoms. The summed E-state index contributed by atoms with van der Waals surface area (Å²) in [5.74, 6) is -1.66. The maximum Gasteiger partial charge on any atom is 0.162 e. The minimum absolute atomic E-state index is 0.173. The molecule has 0 aliphatic heterocycles. The van der Waals surface area contributed by atoms with E-state index in [1.54, 1.807) is 13.8 Å². The monoisotopic (exact) mass is 211 g/mol. The Labute approximate surface area is 87.1 Å². The third kappa shape index (κ3) is 3.21. The molecule has 0 saturated carbocycles. The van der Waals surface area contributed by atoms with Crippen molar-refractivity contribution in [3.8, 4) is 11.8 Å². The Morgan fingerprint density at radius 3 is 2.53 bits per heavy atom. The third-order valence-electron chi connectivity index (χ3n) is 1.79. The van der Waals surface area contributed by atoms with Gasteiger partial charge in [0.05, 0.1) is 12.5 Å². The molecule has 0 fully saturated rings. The average Bonchev–Trinajstić information content (AvgIpc) is 2.10. The zero-order valence-corrected chi connectivity index (χ0v) is 8.55. The maximum absolute atomic E-state index is 12.8. The fourth-order valence-corrected chi connectivity index (χ4v) is 1.09. The maximum atomic E-state index is 12.8. The molecule has 15 heavy (non-hydrogen) atoms. The van der Waals surface area contributed by atoms with E-state index in [9.17, 15) is 8.78 Å². The van der Waals surface area contributed by atoms with Crippen LogP contribution in [0.1, 0.15) is 20.3 Å². The predicted octanol–water partition coefficient (Wildman–Crippen LogP) is 3.04. The molecule has 80 valence electrons. The molecule has 0 aliphatic carbocycles. The fourth-order valence-electron chi connectivity index (χ4n) is 1.09. The predicted molar refractivity (Wildman–Crippen MR) is 51.3 cm³/mol. The highest BCUT2D eigenvalue weighted by molar-refractivity contribution is 5.24. The lowest BCUT2D eigenvalue weighted by Gasteiger charge is -2.23. The molecule has 0 N–H and O–H groups in total. The van der Waals surface area contributed by atoms with Crippen molar-refractivity contribution in [3.63, 3.8) is 0 Å². The van der Waals surface area contributed by atoms with Gasteiger partial charge in [-0.2, -0.15) is 5.26 Å². The van der Waals surface area contributed by atoms with Crippen LogP contribution in [0.3, 0.4) is 0 Å². The summed E-state index contributed by atoms with van der Waals surface area (Å²) in [6.45, 7) is 3.41. The van der Waals surface area contributed by atoms with E-state index in [0.29, 0.717) is 0 Å². The summed E-state index contributed by atoms with van der Waals surface area (Å²) in [4.78, 5) is 0. The number of hydrogen-bond acceptors (Lipinski definition) is 2. The summed E-state index contributed by atoms with van der Waals surface area (Å²) in [5.41, 5.74) is -0.709. The topological polar surface area (TPSA) is 33.0 Å². The lowest BCUT2D eigenvalue weighted by atomic mass is 10.1. The molecule has 0 amide bonds. The van der Waals surface area contributed by atoms with Crippen molar-refractivity contribution in [2.75, 3.05) is 0 Å². The second-order valence-corrected chi connectivity index (χ2v) is 3.77. The molecule has 1 aromatic carbocycles. The average molecular weight is 211 g/mol. The Bertz CT molecular complexity index is 396. The van der Waals surface area contributed by atoms with Crippen LogP contribution >= 0.6 is 0 Å². The number of hydrogen-bond donors (Lipinski definition) is 0. The lowest BCUT2D eigenvalue weighted by Crippen LogP contribution is -2.27. The van der Waals surface area contributed by atoms with E-state index in [1.807, 2.05) is 6.07 Å². The van der Waals surface area contributed by atoms with Crippen molar-refractivity contribution in [2.45, 2.75) is 25.9 Å². The van der Waals surface area contributed by atoms with Crippen molar-refractivity contribution in [3.05, 3.63) is 29.8 Å². The van der Waals surface area contributed by atoms with Crippen LogP contribution in [0.15, 0.2) is 18.2 Å². The van der Waals surface area contributed by atoms with Gasteiger partial charge in [0.1, 0.15) is 11.4 Å². The van der Waals surface area contributed by atoms with Crippen LogP contribution < -0.4 is 4.74 Å². The summed E-state index contributed by atoms with van der Waals surface area (Å²) >= 11 is 0. The Balaban J connectivity index is 2.82. The highest BCUT2D eigenvalue weighted by Crippen LogP contribution is 2.22. The summed E-state index contributed by atoms with van der Waals surface area (Å²) in [5, 5.41) is 8.51. The summed E-state index contributed by atoms with van der Waals surface area (Å²) in [7, 11) is 0. The number of ether oxygens (including phenoxy) is 1. The van der Waals surface area contributed by atoms with Crippen molar-refractivity contribution < 1.29 is 13.5 Å². The molecule has 0 spiro atoms. The van der Waals surface area contributed by atoms with Gasteiger partial charge in [0.15, 0.2) is 11.6 Å². The van der Waals surface area contributed by atoms with Crippen LogP contribution in [0.2, 0.25) is 0 Å². The van der Waals surface area contributed by atoms with Gasteiger partial charge in [-0.1, -0.05) is 0 Å². The molecule has 1 rings (SSSR count). The number of rotatable bonds is 3. The Morgan fingerprint density at radius 2 is 2.00 bits per heavy atom. The number of nitriles is 1. The van der Waals surface area contributed by atoms with E-state index in [-0.39, 0.29) is 12.2 Å². The van der Waals surface area contributed by atoms with Gasteiger partial charge in [0.25, 0.3) is 0 Å². The first-order valence-electron chi connectivity index (χ1n) is 4.45. The fraction of sp³-hybridized carbons (Fsp3) is 0.364. The Morgan fingerprint density at radius 1 is 1.33 bits per heavy atom. The first-order chi connectivity index (χ1) is 6.94. The van der Waals surface area contributed by atoms with Gasteiger partial charge in [-0.25, -0.2) is 8.78 Å². The van der Waals surface area contributed by atoms with E-state index in [4.69, 9.17) is 10.00 Å². The van der Waals surface area contributed by atoms with Crippen LogP contribution in [0, 0.1) is 23.0 Å². The van der Waals surface area contributed by atoms with Crippen molar-refractivity contribution >= 4 is 0 Å². The van der Waals surface area contributed by atoms with Crippen molar-refractivity contribution in [1.29, 1.82) is 5.26 Å². The normalized spacial score (nSPS) is 10.9. The molecule has 0 bridgehead atoms. The first kappa shape index (κ1) is 11.4. The highest BCUT2D eigenvalue weighted by Gasteiger charge is 2.19. The highest BCUT2D eigenvalue weighted by atomic mass is 19.2. The van der Waals surface area contributed by atoms with Gasteiger partial charge in [0, 0.05) is 6.07 Å². The molecule has 1 aromatic rings. The Kier molecular flexibility index (Phi) is 3.25. The van der Waals surface area contributed by atoms with Gasteiger partial charge in [-0.15, -0.1) is 0 Å². The van der Waals surface area contributed by atoms with Gasteiger partial charge in [0.2, 0.25) is 0 Å². The van der Waals surface area contributed by atoms with Crippen molar-refractivity contribution in [2.24, 2.45) is 0 Å². The molecule has 0 atom stereocenters. The summed E-state index contributed by atoms with van der Waals surface area (Å²) < 4.78 is 30.8. The molecule has 0 unspecified atom stereocenters. The van der Waals surface area contributed by atoms with Crippen LogP contribution in [0.25, 0.3) is 0 Å². The van der Waals surface area contributed by atoms with Gasteiger partial charge in [-0.3, -0.25) is 0 Å². The smallest absolute Gasteiger partial charge is 0.162 e. The quantitative estimate of drug-likeness (QED) is 0.769. The zero-order chi connectivity index (χ0) is 11.5. The van der Waals surface area contributed by atoms with E-state index >= 15 is 0 Å². The molecule has 2 nitrogen and oxygen atoms in total. The van der Waals surface area contributed by atoms with Gasteiger partial charge in [-0.05, 0) is 26.0 Å². The first-order valence-corrected chi connectivity index (χ1v) is 4.45. The second kappa shape index (κ2) is 4.26. The number of benzene rings is 1. The minimum atomic E-state index is -0.958. The SMILES string of the molecule is CC(C)(CC#N)Oc1ccc(F)c(F)c1. The van der Waals surface area contributed by atoms with Crippen molar-refractivity contribution in [1.82, 2.24) is 0 Å². The van der Waals surface area contributed by atoms with E-state index in [0.717, 1.165) is 12.1 Å². The molecular formula is C11H11F2NO. The number of halogens is 2. The summed E-state index contributed by atoms with van der Waals surface area (Å²) in [6, 6.07) is 5.25. The lowest BCUT2D eigenvalue weighted by molar-refractivity contribution is 0.114. The van der Waals surface area contributed by atoms with Crippen LogP contribution in [0.5, 0.6) is 5.75 Å². The molecular weight excluding hydrogens is 200 g/mol. The van der Waals surface area contributed by atoms with E-state index in [1.165, 1.54) is 6.07 Å². The van der Waals surface area contributed by atoms with E-state index in [2.05, 4.69) is 0 Å².